The molecule has 30 heavy (non-hydrogen) atoms. The summed E-state index contributed by atoms with van der Waals surface area (Å²) in [6.45, 7) is -0.282. The van der Waals surface area contributed by atoms with Gasteiger partial charge in [0.25, 0.3) is 5.91 Å². The maximum Gasteiger partial charge on any atom is 0.419 e. The Morgan fingerprint density at radius 1 is 1.30 bits per heavy atom. The summed E-state index contributed by atoms with van der Waals surface area (Å²) < 4.78 is 40.2. The van der Waals surface area contributed by atoms with E-state index >= 15 is 0 Å². The highest BCUT2D eigenvalue weighted by Crippen LogP contribution is 2.48. The molecule has 1 N–H and O–H groups in total. The van der Waals surface area contributed by atoms with Gasteiger partial charge in [-0.05, 0) is 43.6 Å². The highest BCUT2D eigenvalue weighted by Gasteiger charge is 2.60. The van der Waals surface area contributed by atoms with E-state index in [0.717, 1.165) is 23.6 Å². The molecule has 0 atom stereocenters. The van der Waals surface area contributed by atoms with Gasteiger partial charge in [-0.15, -0.1) is 0 Å². The van der Waals surface area contributed by atoms with Gasteiger partial charge in [-0.2, -0.15) is 18.4 Å². The summed E-state index contributed by atoms with van der Waals surface area (Å²) in [6.07, 6.45) is -2.03. The van der Waals surface area contributed by atoms with Crippen molar-refractivity contribution in [3.8, 4) is 6.07 Å². The van der Waals surface area contributed by atoms with Crippen molar-refractivity contribution in [2.75, 3.05) is 9.80 Å². The van der Waals surface area contributed by atoms with Gasteiger partial charge in [-0.1, -0.05) is 18.2 Å². The fraction of sp³-hybridized carbons (Fsp3) is 0.300. The quantitative estimate of drug-likeness (QED) is 0.748. The normalized spacial score (nSPS) is 18.0. The van der Waals surface area contributed by atoms with Crippen LogP contribution >= 0.6 is 12.2 Å². The van der Waals surface area contributed by atoms with Gasteiger partial charge < -0.3 is 10.0 Å². The summed E-state index contributed by atoms with van der Waals surface area (Å²) in [4.78, 5) is 19.7. The largest absolute Gasteiger partial charge is 0.419 e. The van der Waals surface area contributed by atoms with Gasteiger partial charge in [0.1, 0.15) is 11.6 Å². The monoisotopic (exact) mass is 432 g/mol. The molecule has 2 aromatic rings. The predicted octanol–water partition coefficient (Wildman–Crippen LogP) is 3.53. The highest BCUT2D eigenvalue weighted by molar-refractivity contribution is 7.81. The van der Waals surface area contributed by atoms with E-state index in [1.807, 2.05) is 0 Å². The number of hydrogen-bond donors (Lipinski definition) is 1. The summed E-state index contributed by atoms with van der Waals surface area (Å²) in [5.74, 6) is -0.439. The van der Waals surface area contributed by atoms with Crippen molar-refractivity contribution in [2.24, 2.45) is 0 Å². The van der Waals surface area contributed by atoms with Gasteiger partial charge in [0.05, 0.1) is 24.1 Å². The minimum absolute atomic E-state index is 0.0141. The molecular formula is C20H15F3N4O2S. The van der Waals surface area contributed by atoms with Gasteiger partial charge in [0.15, 0.2) is 10.8 Å². The smallest absolute Gasteiger partial charge is 0.392 e. The molecule has 4 rings (SSSR count). The van der Waals surface area contributed by atoms with Gasteiger partial charge >= 0.3 is 6.18 Å². The second-order valence-corrected chi connectivity index (χ2v) is 7.49. The average Bonchev–Trinajstić information content (AvgIpc) is 2.93. The first-order valence-corrected chi connectivity index (χ1v) is 9.50. The topological polar surface area (TPSA) is 80.5 Å². The summed E-state index contributed by atoms with van der Waals surface area (Å²) in [6, 6.07) is 9.04. The zero-order valence-corrected chi connectivity index (χ0v) is 16.3. The van der Waals surface area contributed by atoms with Crippen molar-refractivity contribution in [3.63, 3.8) is 0 Å². The Morgan fingerprint density at radius 3 is 2.57 bits per heavy atom. The molecule has 6 nitrogen and oxygen atoms in total. The Hall–Kier alpha value is -3.03. The lowest BCUT2D eigenvalue weighted by Crippen LogP contribution is -2.55. The second-order valence-electron chi connectivity index (χ2n) is 7.13. The minimum Gasteiger partial charge on any atom is -0.392 e. The Labute approximate surface area is 175 Å². The molecule has 1 aliphatic heterocycles. The number of carbonyl (C=O) groups is 1. The van der Waals surface area contributed by atoms with Gasteiger partial charge in [-0.25, -0.2) is 4.98 Å². The molecule has 1 saturated carbocycles. The molecular weight excluding hydrogens is 417 g/mol. The molecule has 1 aromatic heterocycles. The van der Waals surface area contributed by atoms with E-state index in [1.165, 1.54) is 6.07 Å². The number of halogens is 3. The van der Waals surface area contributed by atoms with Crippen LogP contribution in [0.25, 0.3) is 0 Å². The third kappa shape index (κ3) is 2.85. The highest BCUT2D eigenvalue weighted by atomic mass is 32.1. The molecule has 154 valence electrons. The van der Waals surface area contributed by atoms with Crippen LogP contribution in [0.2, 0.25) is 0 Å². The second kappa shape index (κ2) is 7.04. The number of rotatable bonds is 3. The maximum absolute atomic E-state index is 13.4. The Balaban J connectivity index is 1.85. The van der Waals surface area contributed by atoms with Crippen LogP contribution in [0, 0.1) is 11.3 Å². The fourth-order valence-corrected chi connectivity index (χ4v) is 4.39. The van der Waals surface area contributed by atoms with Crippen LogP contribution in [-0.4, -0.2) is 26.6 Å². The van der Waals surface area contributed by atoms with Crippen LogP contribution in [-0.2, 0) is 17.6 Å². The number of pyridine rings is 1. The first-order chi connectivity index (χ1) is 14.2. The summed E-state index contributed by atoms with van der Waals surface area (Å²) in [5, 5.41) is 18.7. The number of para-hydroxylation sites is 1. The van der Waals surface area contributed by atoms with E-state index in [2.05, 4.69) is 4.98 Å². The SMILES string of the molecule is N#Cc1ncc(N2C(=O)C3(CCC3)N(c3ccccc3CO)C2=S)cc1C(F)(F)F. The van der Waals surface area contributed by atoms with Gasteiger partial charge in [0.2, 0.25) is 0 Å². The van der Waals surface area contributed by atoms with Gasteiger partial charge in [-0.3, -0.25) is 9.69 Å². The zero-order valence-electron chi connectivity index (χ0n) is 15.5. The number of nitriles is 1. The first kappa shape index (κ1) is 20.3. The Kier molecular flexibility index (Phi) is 4.75. The van der Waals surface area contributed by atoms with Crippen LogP contribution in [0.1, 0.15) is 36.1 Å². The number of amides is 1. The van der Waals surface area contributed by atoms with E-state index in [9.17, 15) is 23.1 Å². The maximum atomic E-state index is 13.4. The molecule has 1 aliphatic carbocycles. The van der Waals surface area contributed by atoms with Crippen molar-refractivity contribution >= 4 is 34.6 Å². The molecule has 0 unspecified atom stereocenters. The Bertz CT molecular complexity index is 1090. The number of anilines is 2. The van der Waals surface area contributed by atoms with Gasteiger partial charge in [0, 0.05) is 11.3 Å². The lowest BCUT2D eigenvalue weighted by Gasteiger charge is -2.43. The van der Waals surface area contributed by atoms with Crippen LogP contribution in [0.3, 0.4) is 0 Å². The van der Waals surface area contributed by atoms with Crippen molar-refractivity contribution in [1.29, 1.82) is 5.26 Å². The minimum atomic E-state index is -4.81. The number of carbonyl (C=O) groups excluding carboxylic acids is 1. The molecule has 1 spiro atoms. The predicted molar refractivity (Wildman–Crippen MR) is 105 cm³/mol. The number of hydrogen-bond acceptors (Lipinski definition) is 5. The zero-order chi connectivity index (χ0) is 21.7. The lowest BCUT2D eigenvalue weighted by molar-refractivity contribution is -0.138. The van der Waals surface area contributed by atoms with Crippen LogP contribution in [0.15, 0.2) is 36.5 Å². The van der Waals surface area contributed by atoms with E-state index in [1.54, 1.807) is 29.2 Å². The fourth-order valence-electron chi connectivity index (χ4n) is 3.93. The third-order valence-electron chi connectivity index (χ3n) is 5.54. The molecule has 10 heteroatoms. The van der Waals surface area contributed by atoms with Crippen molar-refractivity contribution < 1.29 is 23.1 Å². The molecule has 1 saturated heterocycles. The summed E-state index contributed by atoms with van der Waals surface area (Å²) in [7, 11) is 0. The number of benzene rings is 1. The number of aliphatic hydroxyl groups is 1. The van der Waals surface area contributed by atoms with E-state index in [0.29, 0.717) is 24.1 Å². The van der Waals surface area contributed by atoms with E-state index in [4.69, 9.17) is 17.5 Å². The summed E-state index contributed by atoms with van der Waals surface area (Å²) >= 11 is 5.53. The molecule has 2 fully saturated rings. The van der Waals surface area contributed by atoms with Crippen LogP contribution < -0.4 is 9.80 Å². The van der Waals surface area contributed by atoms with Crippen molar-refractivity contribution in [1.82, 2.24) is 4.98 Å². The number of aromatic nitrogens is 1. The summed E-state index contributed by atoms with van der Waals surface area (Å²) in [5.41, 5.74) is -2.06. The first-order valence-electron chi connectivity index (χ1n) is 9.09. The van der Waals surface area contributed by atoms with Crippen LogP contribution in [0.5, 0.6) is 0 Å². The lowest BCUT2D eigenvalue weighted by atomic mass is 9.75. The van der Waals surface area contributed by atoms with Crippen molar-refractivity contribution in [2.45, 2.75) is 37.6 Å². The van der Waals surface area contributed by atoms with E-state index < -0.39 is 28.9 Å². The molecule has 0 radical (unpaired) electrons. The van der Waals surface area contributed by atoms with Crippen molar-refractivity contribution in [3.05, 3.63) is 53.3 Å². The number of thiocarbonyl (C=S) groups is 1. The standard InChI is InChI=1S/C20H15F3N4O2S/c21-20(22,23)14-8-13(10-25-15(14)9-24)26-17(29)19(6-3-7-19)27(18(26)30)16-5-2-1-4-12(16)11-28/h1-2,4-5,8,10,28H,3,6-7,11H2. The number of nitrogens with zero attached hydrogens (tertiary/aromatic N) is 4. The number of aliphatic hydroxyl groups excluding tert-OH is 1. The third-order valence-corrected chi connectivity index (χ3v) is 5.90. The average molecular weight is 432 g/mol. The molecule has 2 aliphatic rings. The molecule has 1 amide bonds. The Morgan fingerprint density at radius 2 is 2.00 bits per heavy atom. The number of alkyl halides is 3. The van der Waals surface area contributed by atoms with Crippen LogP contribution in [0.4, 0.5) is 24.5 Å². The molecule has 2 heterocycles. The molecule has 1 aromatic carbocycles. The van der Waals surface area contributed by atoms with E-state index in [-0.39, 0.29) is 17.4 Å². The molecule has 0 bridgehead atoms.